The quantitative estimate of drug-likeness (QED) is 0.841. The third-order valence-electron chi connectivity index (χ3n) is 4.63. The summed E-state index contributed by atoms with van der Waals surface area (Å²) < 4.78 is 0. The lowest BCUT2D eigenvalue weighted by atomic mass is 9.90. The third-order valence-corrected chi connectivity index (χ3v) is 5.47. The zero-order chi connectivity index (χ0) is 17.0. The molecule has 5 nitrogen and oxygen atoms in total. The van der Waals surface area contributed by atoms with Crippen molar-refractivity contribution in [3.05, 3.63) is 52.5 Å². The van der Waals surface area contributed by atoms with Gasteiger partial charge in [0.2, 0.25) is 5.91 Å². The number of carbonyl (C=O) groups is 1. The first kappa shape index (κ1) is 17.1. The number of nitrogens with one attached hydrogen (secondary N) is 1. The first-order chi connectivity index (χ1) is 11.6. The number of benzene rings is 1. The molecule has 1 aliphatic rings. The molecule has 1 aromatic heterocycles. The van der Waals surface area contributed by atoms with Gasteiger partial charge in [-0.3, -0.25) is 9.69 Å². The van der Waals surface area contributed by atoms with Crippen molar-refractivity contribution in [2.24, 2.45) is 11.1 Å². The highest BCUT2D eigenvalue weighted by Gasteiger charge is 2.33. The molecule has 2 aromatic rings. The molecule has 1 fully saturated rings. The van der Waals surface area contributed by atoms with Gasteiger partial charge in [-0.15, -0.1) is 11.3 Å². The zero-order valence-electron chi connectivity index (χ0n) is 13.9. The first-order valence-electron chi connectivity index (χ1n) is 8.26. The van der Waals surface area contributed by atoms with Crippen molar-refractivity contribution in [2.45, 2.75) is 19.4 Å². The normalized spacial score (nSPS) is 22.4. The molecule has 1 amide bonds. The highest BCUT2D eigenvalue weighted by Crippen LogP contribution is 2.28. The Kier molecular flexibility index (Phi) is 5.28. The highest BCUT2D eigenvalue weighted by molar-refractivity contribution is 7.09. The Morgan fingerprint density at radius 3 is 2.88 bits per heavy atom. The smallest absolute Gasteiger partial charge is 0.235 e. The Morgan fingerprint density at radius 1 is 1.46 bits per heavy atom. The van der Waals surface area contributed by atoms with Gasteiger partial charge in [-0.2, -0.15) is 0 Å². The van der Waals surface area contributed by atoms with E-state index in [4.69, 9.17) is 5.73 Å². The van der Waals surface area contributed by atoms with Crippen LogP contribution in [0.2, 0.25) is 0 Å². The van der Waals surface area contributed by atoms with Crippen LogP contribution in [0.1, 0.15) is 30.0 Å². The Morgan fingerprint density at radius 2 is 2.25 bits per heavy atom. The lowest BCUT2D eigenvalue weighted by Gasteiger charge is -2.23. The molecule has 0 aliphatic carbocycles. The van der Waals surface area contributed by atoms with Crippen LogP contribution in [-0.4, -0.2) is 42.0 Å². The van der Waals surface area contributed by atoms with Crippen LogP contribution in [0.4, 0.5) is 0 Å². The summed E-state index contributed by atoms with van der Waals surface area (Å²) in [5, 5.41) is 5.98. The molecule has 128 valence electrons. The van der Waals surface area contributed by atoms with Crippen molar-refractivity contribution in [3.63, 3.8) is 0 Å². The van der Waals surface area contributed by atoms with E-state index in [0.717, 1.165) is 30.1 Å². The second-order valence-electron chi connectivity index (χ2n) is 6.76. The van der Waals surface area contributed by atoms with E-state index in [1.165, 1.54) is 0 Å². The van der Waals surface area contributed by atoms with Crippen LogP contribution in [-0.2, 0) is 4.79 Å². The number of amides is 1. The fourth-order valence-corrected chi connectivity index (χ4v) is 3.86. The topological polar surface area (TPSA) is 71.2 Å². The standard InChI is InChI=1S/C18H24N4OS/c1-18(12-19)7-9-22(13-18)11-15(23)21-16(17-20-8-10-24-17)14-5-3-2-4-6-14/h2-6,8,10,16H,7,9,11-13,19H2,1H3,(H,21,23). The average Bonchev–Trinajstić information content (AvgIpc) is 3.24. The van der Waals surface area contributed by atoms with E-state index in [1.807, 2.05) is 35.7 Å². The summed E-state index contributed by atoms with van der Waals surface area (Å²) in [4.78, 5) is 19.1. The van der Waals surface area contributed by atoms with Crippen molar-refractivity contribution >= 4 is 17.2 Å². The molecule has 2 unspecified atom stereocenters. The molecular weight excluding hydrogens is 320 g/mol. The maximum atomic E-state index is 12.6. The van der Waals surface area contributed by atoms with Crippen LogP contribution in [0.3, 0.4) is 0 Å². The average molecular weight is 344 g/mol. The largest absolute Gasteiger partial charge is 0.342 e. The predicted octanol–water partition coefficient (Wildman–Crippen LogP) is 2.02. The molecule has 1 saturated heterocycles. The first-order valence-corrected chi connectivity index (χ1v) is 9.14. The van der Waals surface area contributed by atoms with E-state index in [0.29, 0.717) is 13.1 Å². The second kappa shape index (κ2) is 7.42. The Balaban J connectivity index is 1.66. The van der Waals surface area contributed by atoms with Crippen molar-refractivity contribution < 1.29 is 4.79 Å². The van der Waals surface area contributed by atoms with Gasteiger partial charge in [-0.05, 0) is 30.5 Å². The van der Waals surface area contributed by atoms with E-state index in [9.17, 15) is 4.79 Å². The number of carbonyl (C=O) groups excluding carboxylic acids is 1. The van der Waals surface area contributed by atoms with Gasteiger partial charge in [0.15, 0.2) is 0 Å². The molecule has 3 rings (SSSR count). The summed E-state index contributed by atoms with van der Waals surface area (Å²) in [5.41, 5.74) is 7.03. The minimum atomic E-state index is -0.192. The number of aromatic nitrogens is 1. The van der Waals surface area contributed by atoms with Gasteiger partial charge in [0.05, 0.1) is 6.54 Å². The summed E-state index contributed by atoms with van der Waals surface area (Å²) in [6.45, 7) is 5.06. The van der Waals surface area contributed by atoms with Crippen LogP contribution in [0.25, 0.3) is 0 Å². The minimum absolute atomic E-state index is 0.0281. The van der Waals surface area contributed by atoms with Gasteiger partial charge >= 0.3 is 0 Å². The van der Waals surface area contributed by atoms with Crippen molar-refractivity contribution in [3.8, 4) is 0 Å². The maximum Gasteiger partial charge on any atom is 0.235 e. The zero-order valence-corrected chi connectivity index (χ0v) is 14.8. The lowest BCUT2D eigenvalue weighted by molar-refractivity contribution is -0.122. The van der Waals surface area contributed by atoms with Gasteiger partial charge in [-0.1, -0.05) is 37.3 Å². The highest BCUT2D eigenvalue weighted by atomic mass is 32.1. The maximum absolute atomic E-state index is 12.6. The molecule has 0 radical (unpaired) electrons. The van der Waals surface area contributed by atoms with E-state index < -0.39 is 0 Å². The summed E-state index contributed by atoms with van der Waals surface area (Å²) in [7, 11) is 0. The molecule has 2 heterocycles. The van der Waals surface area contributed by atoms with Crippen LogP contribution >= 0.6 is 11.3 Å². The SMILES string of the molecule is CC1(CN)CCN(CC(=O)NC(c2ccccc2)c2nccs2)C1. The molecule has 24 heavy (non-hydrogen) atoms. The number of hydrogen-bond acceptors (Lipinski definition) is 5. The number of likely N-dealkylation sites (tertiary alicyclic amines) is 1. The summed E-state index contributed by atoms with van der Waals surface area (Å²) in [6.07, 6.45) is 2.82. The number of nitrogens with two attached hydrogens (primary N) is 1. The minimum Gasteiger partial charge on any atom is -0.342 e. The molecule has 0 spiro atoms. The summed E-state index contributed by atoms with van der Waals surface area (Å²) >= 11 is 1.56. The van der Waals surface area contributed by atoms with Crippen molar-refractivity contribution in [2.75, 3.05) is 26.2 Å². The Hall–Kier alpha value is -1.76. The van der Waals surface area contributed by atoms with E-state index in [1.54, 1.807) is 17.5 Å². The van der Waals surface area contributed by atoms with E-state index >= 15 is 0 Å². The molecule has 3 N–H and O–H groups in total. The van der Waals surface area contributed by atoms with Crippen molar-refractivity contribution in [1.82, 2.24) is 15.2 Å². The number of thiazole rings is 1. The Labute approximate surface area is 146 Å². The van der Waals surface area contributed by atoms with Gasteiger partial charge in [-0.25, -0.2) is 4.98 Å². The Bertz CT molecular complexity index is 661. The molecule has 1 aliphatic heterocycles. The molecule has 2 atom stereocenters. The van der Waals surface area contributed by atoms with E-state index in [-0.39, 0.29) is 17.4 Å². The van der Waals surface area contributed by atoms with Gasteiger partial charge < -0.3 is 11.1 Å². The predicted molar refractivity (Wildman–Crippen MR) is 96.8 cm³/mol. The number of rotatable bonds is 6. The monoisotopic (exact) mass is 344 g/mol. The lowest BCUT2D eigenvalue weighted by Crippen LogP contribution is -2.39. The van der Waals surface area contributed by atoms with Gasteiger partial charge in [0.1, 0.15) is 11.0 Å². The molecule has 0 bridgehead atoms. The van der Waals surface area contributed by atoms with Crippen LogP contribution < -0.4 is 11.1 Å². The number of hydrogen-bond donors (Lipinski definition) is 2. The fraction of sp³-hybridized carbons (Fsp3) is 0.444. The van der Waals surface area contributed by atoms with Crippen molar-refractivity contribution in [1.29, 1.82) is 0 Å². The van der Waals surface area contributed by atoms with Gasteiger partial charge in [0.25, 0.3) is 0 Å². The van der Waals surface area contributed by atoms with Gasteiger partial charge in [0, 0.05) is 18.1 Å². The van der Waals surface area contributed by atoms with Crippen LogP contribution in [0.15, 0.2) is 41.9 Å². The molecule has 6 heteroatoms. The summed E-state index contributed by atoms with van der Waals surface area (Å²) in [5.74, 6) is 0.0281. The third kappa shape index (κ3) is 4.01. The molecular formula is C18H24N4OS. The van der Waals surface area contributed by atoms with Crippen LogP contribution in [0, 0.1) is 5.41 Å². The molecule has 1 aromatic carbocycles. The second-order valence-corrected chi connectivity index (χ2v) is 7.68. The fourth-order valence-electron chi connectivity index (χ4n) is 3.15. The summed E-state index contributed by atoms with van der Waals surface area (Å²) in [6, 6.07) is 9.79. The molecule has 0 saturated carbocycles. The number of nitrogens with zero attached hydrogens (tertiary/aromatic N) is 2. The van der Waals surface area contributed by atoms with Crippen LogP contribution in [0.5, 0.6) is 0 Å². The van der Waals surface area contributed by atoms with E-state index in [2.05, 4.69) is 22.1 Å².